The van der Waals surface area contributed by atoms with Crippen LogP contribution in [-0.2, 0) is 11.3 Å². The molecule has 1 N–H and O–H groups in total. The summed E-state index contributed by atoms with van der Waals surface area (Å²) in [5.41, 5.74) is 2.94. The maximum absolute atomic E-state index is 12.6. The zero-order valence-corrected chi connectivity index (χ0v) is 16.2. The van der Waals surface area contributed by atoms with Gasteiger partial charge in [-0.3, -0.25) is 14.5 Å². The van der Waals surface area contributed by atoms with Gasteiger partial charge in [-0.05, 0) is 38.0 Å². The van der Waals surface area contributed by atoms with Gasteiger partial charge in [0.1, 0.15) is 11.5 Å². The molecule has 2 aromatic rings. The highest BCUT2D eigenvalue weighted by atomic mass is 16.3. The molecule has 1 aliphatic heterocycles. The van der Waals surface area contributed by atoms with E-state index in [2.05, 4.69) is 10.2 Å². The quantitative estimate of drug-likeness (QED) is 0.878. The number of nitrogens with zero attached hydrogens (tertiary/aromatic N) is 2. The van der Waals surface area contributed by atoms with Gasteiger partial charge in [-0.1, -0.05) is 24.3 Å². The van der Waals surface area contributed by atoms with Crippen molar-refractivity contribution in [3.8, 4) is 0 Å². The lowest BCUT2D eigenvalue weighted by Gasteiger charge is -2.34. The molecule has 1 aliphatic rings. The highest BCUT2D eigenvalue weighted by Crippen LogP contribution is 2.17. The molecule has 1 aromatic carbocycles. The Bertz CT molecular complexity index is 820. The van der Waals surface area contributed by atoms with Crippen LogP contribution in [0.4, 0.5) is 0 Å². The summed E-state index contributed by atoms with van der Waals surface area (Å²) >= 11 is 0. The first kappa shape index (κ1) is 19.2. The second-order valence-electron chi connectivity index (χ2n) is 7.10. The van der Waals surface area contributed by atoms with E-state index < -0.39 is 0 Å². The van der Waals surface area contributed by atoms with Crippen molar-refractivity contribution in [1.82, 2.24) is 15.1 Å². The minimum absolute atomic E-state index is 0.00741. The lowest BCUT2D eigenvalue weighted by atomic mass is 10.1. The molecule has 0 aliphatic carbocycles. The van der Waals surface area contributed by atoms with Crippen LogP contribution in [-0.4, -0.2) is 54.3 Å². The summed E-state index contributed by atoms with van der Waals surface area (Å²) in [6.45, 7) is 9.23. The molecule has 0 bridgehead atoms. The van der Waals surface area contributed by atoms with Crippen molar-refractivity contribution in [3.05, 3.63) is 58.5 Å². The van der Waals surface area contributed by atoms with Gasteiger partial charge < -0.3 is 14.6 Å². The molecule has 3 rings (SSSR count). The minimum atomic E-state index is 0.00741. The Hall–Kier alpha value is -2.60. The molecule has 1 aromatic heterocycles. The summed E-state index contributed by atoms with van der Waals surface area (Å²) in [5, 5.41) is 2.98. The zero-order chi connectivity index (χ0) is 19.4. The van der Waals surface area contributed by atoms with Crippen LogP contribution in [0.25, 0.3) is 0 Å². The molecule has 1 saturated heterocycles. The van der Waals surface area contributed by atoms with Crippen LogP contribution in [0, 0.1) is 20.8 Å². The normalized spacial score (nSPS) is 15.0. The second-order valence-corrected chi connectivity index (χ2v) is 7.10. The van der Waals surface area contributed by atoms with E-state index >= 15 is 0 Å². The van der Waals surface area contributed by atoms with Crippen molar-refractivity contribution in [2.24, 2.45) is 0 Å². The Labute approximate surface area is 160 Å². The summed E-state index contributed by atoms with van der Waals surface area (Å²) in [6.07, 6.45) is 0. The first-order valence-corrected chi connectivity index (χ1v) is 9.34. The van der Waals surface area contributed by atoms with Crippen LogP contribution in [0.1, 0.15) is 33.0 Å². The molecule has 144 valence electrons. The third kappa shape index (κ3) is 4.77. The fourth-order valence-corrected chi connectivity index (χ4v) is 3.38. The third-order valence-electron chi connectivity index (χ3n) is 5.04. The minimum Gasteiger partial charge on any atom is -0.466 e. The fourth-order valence-electron chi connectivity index (χ4n) is 3.38. The van der Waals surface area contributed by atoms with E-state index in [9.17, 15) is 9.59 Å². The summed E-state index contributed by atoms with van der Waals surface area (Å²) in [4.78, 5) is 28.8. The first-order chi connectivity index (χ1) is 12.9. The topological polar surface area (TPSA) is 65.8 Å². The Balaban J connectivity index is 1.45. The molecule has 2 heterocycles. The summed E-state index contributed by atoms with van der Waals surface area (Å²) in [6, 6.07) is 9.84. The number of nitrogens with one attached hydrogen (secondary N) is 1. The van der Waals surface area contributed by atoms with Crippen molar-refractivity contribution in [2.75, 3.05) is 32.7 Å². The van der Waals surface area contributed by atoms with Crippen molar-refractivity contribution >= 4 is 11.8 Å². The Morgan fingerprint density at radius 2 is 1.78 bits per heavy atom. The van der Waals surface area contributed by atoms with E-state index in [4.69, 9.17) is 4.42 Å². The lowest BCUT2D eigenvalue weighted by Crippen LogP contribution is -2.51. The number of aryl methyl sites for hydroxylation is 3. The van der Waals surface area contributed by atoms with Gasteiger partial charge in [0.15, 0.2) is 0 Å². The third-order valence-corrected chi connectivity index (χ3v) is 5.04. The van der Waals surface area contributed by atoms with Crippen LogP contribution >= 0.6 is 0 Å². The van der Waals surface area contributed by atoms with Gasteiger partial charge in [-0.25, -0.2) is 0 Å². The van der Waals surface area contributed by atoms with E-state index in [1.807, 2.05) is 49.9 Å². The summed E-state index contributed by atoms with van der Waals surface area (Å²) in [7, 11) is 0. The fraction of sp³-hybridized carbons (Fsp3) is 0.429. The van der Waals surface area contributed by atoms with E-state index in [0.717, 1.165) is 11.3 Å². The number of hydrogen-bond acceptors (Lipinski definition) is 4. The monoisotopic (exact) mass is 369 g/mol. The van der Waals surface area contributed by atoms with Crippen LogP contribution in [0.2, 0.25) is 0 Å². The average molecular weight is 369 g/mol. The Kier molecular flexibility index (Phi) is 5.96. The number of carbonyl (C=O) groups excluding carboxylic acids is 2. The van der Waals surface area contributed by atoms with E-state index in [1.54, 1.807) is 6.07 Å². The van der Waals surface area contributed by atoms with Crippen molar-refractivity contribution in [1.29, 1.82) is 0 Å². The predicted octanol–water partition coefficient (Wildman–Crippen LogP) is 2.28. The first-order valence-electron chi connectivity index (χ1n) is 9.34. The van der Waals surface area contributed by atoms with Crippen LogP contribution in [0.15, 0.2) is 34.7 Å². The van der Waals surface area contributed by atoms with Crippen LogP contribution in [0.3, 0.4) is 0 Å². The lowest BCUT2D eigenvalue weighted by molar-refractivity contribution is -0.122. The SMILES string of the molecule is Cc1cc(C(=O)N2CCN(CC(=O)NCc3ccccc3C)CC2)c(C)o1. The molecule has 2 amide bonds. The molecule has 6 heteroatoms. The van der Waals surface area contributed by atoms with Gasteiger partial charge in [0.2, 0.25) is 5.91 Å². The van der Waals surface area contributed by atoms with E-state index in [0.29, 0.717) is 50.6 Å². The number of hydrogen-bond donors (Lipinski definition) is 1. The number of furan rings is 1. The predicted molar refractivity (Wildman–Crippen MR) is 104 cm³/mol. The van der Waals surface area contributed by atoms with Crippen molar-refractivity contribution in [3.63, 3.8) is 0 Å². The number of piperazine rings is 1. The maximum atomic E-state index is 12.6. The molecular formula is C21H27N3O3. The number of benzene rings is 1. The standard InChI is InChI=1S/C21H27N3O3/c1-15-6-4-5-7-18(15)13-22-20(25)14-23-8-10-24(11-9-23)21(26)19-12-16(2)27-17(19)3/h4-7,12H,8-11,13-14H2,1-3H3,(H,22,25). The number of amides is 2. The van der Waals surface area contributed by atoms with Gasteiger partial charge in [-0.2, -0.15) is 0 Å². The zero-order valence-electron chi connectivity index (χ0n) is 16.2. The Morgan fingerprint density at radius 3 is 2.41 bits per heavy atom. The number of rotatable bonds is 5. The molecular weight excluding hydrogens is 342 g/mol. The summed E-state index contributed by atoms with van der Waals surface area (Å²) < 4.78 is 5.46. The van der Waals surface area contributed by atoms with E-state index in [-0.39, 0.29) is 11.8 Å². The average Bonchev–Trinajstić information content (AvgIpc) is 2.99. The highest BCUT2D eigenvalue weighted by Gasteiger charge is 2.25. The van der Waals surface area contributed by atoms with Crippen molar-refractivity contribution < 1.29 is 14.0 Å². The second kappa shape index (κ2) is 8.39. The van der Waals surface area contributed by atoms with Gasteiger partial charge in [-0.15, -0.1) is 0 Å². The molecule has 0 radical (unpaired) electrons. The van der Waals surface area contributed by atoms with Gasteiger partial charge in [0.25, 0.3) is 5.91 Å². The number of carbonyl (C=O) groups is 2. The molecule has 0 atom stereocenters. The molecule has 6 nitrogen and oxygen atoms in total. The molecule has 0 unspecified atom stereocenters. The Morgan fingerprint density at radius 1 is 1.07 bits per heavy atom. The van der Waals surface area contributed by atoms with Gasteiger partial charge in [0, 0.05) is 32.7 Å². The van der Waals surface area contributed by atoms with Crippen LogP contribution < -0.4 is 5.32 Å². The summed E-state index contributed by atoms with van der Waals surface area (Å²) in [5.74, 6) is 1.43. The van der Waals surface area contributed by atoms with Gasteiger partial charge in [0.05, 0.1) is 12.1 Å². The highest BCUT2D eigenvalue weighted by molar-refractivity contribution is 5.95. The molecule has 27 heavy (non-hydrogen) atoms. The maximum Gasteiger partial charge on any atom is 0.257 e. The molecule has 0 saturated carbocycles. The molecule has 1 fully saturated rings. The van der Waals surface area contributed by atoms with Gasteiger partial charge >= 0.3 is 0 Å². The van der Waals surface area contributed by atoms with Crippen molar-refractivity contribution in [2.45, 2.75) is 27.3 Å². The molecule has 0 spiro atoms. The van der Waals surface area contributed by atoms with Crippen LogP contribution in [0.5, 0.6) is 0 Å². The van der Waals surface area contributed by atoms with E-state index in [1.165, 1.54) is 5.56 Å². The smallest absolute Gasteiger partial charge is 0.257 e. The largest absolute Gasteiger partial charge is 0.466 e.